The molecule has 104 valence electrons. The van der Waals surface area contributed by atoms with Crippen molar-refractivity contribution in [2.75, 3.05) is 25.4 Å². The van der Waals surface area contributed by atoms with E-state index < -0.39 is 0 Å². The van der Waals surface area contributed by atoms with Gasteiger partial charge < -0.3 is 15.4 Å². The molecule has 2 N–H and O–H groups in total. The van der Waals surface area contributed by atoms with Gasteiger partial charge in [0.15, 0.2) is 0 Å². The topological polar surface area (TPSA) is 55.6 Å². The molecule has 0 saturated carbocycles. The van der Waals surface area contributed by atoms with Gasteiger partial charge in [0, 0.05) is 18.8 Å². The van der Waals surface area contributed by atoms with Gasteiger partial charge in [0.1, 0.15) is 0 Å². The summed E-state index contributed by atoms with van der Waals surface area (Å²) in [5.41, 5.74) is 7.45. The molecule has 1 aliphatic heterocycles. The van der Waals surface area contributed by atoms with Gasteiger partial charge in [0.25, 0.3) is 0 Å². The Kier molecular flexibility index (Phi) is 4.43. The average Bonchev–Trinajstić information content (AvgIpc) is 2.45. The molecule has 1 amide bonds. The number of hydrogen-bond donors (Lipinski definition) is 1. The van der Waals surface area contributed by atoms with Crippen molar-refractivity contribution in [1.29, 1.82) is 0 Å². The highest BCUT2D eigenvalue weighted by atomic mass is 16.5. The summed E-state index contributed by atoms with van der Waals surface area (Å²) in [6.07, 6.45) is 1.11. The van der Waals surface area contributed by atoms with Gasteiger partial charge in [-0.3, -0.25) is 4.79 Å². The highest BCUT2D eigenvalue weighted by Gasteiger charge is 2.27. The van der Waals surface area contributed by atoms with Crippen molar-refractivity contribution in [3.63, 3.8) is 0 Å². The number of morpholine rings is 1. The maximum atomic E-state index is 12.5. The largest absolute Gasteiger partial charge is 0.399 e. The second kappa shape index (κ2) is 6.06. The minimum atomic E-state index is -0.154. The molecule has 1 aromatic rings. The number of ether oxygens (including phenoxy) is 1. The van der Waals surface area contributed by atoms with Crippen LogP contribution >= 0.6 is 0 Å². The van der Waals surface area contributed by atoms with E-state index >= 15 is 0 Å². The van der Waals surface area contributed by atoms with Gasteiger partial charge in [-0.05, 0) is 31.0 Å². The normalized spacial score (nSPS) is 21.2. The molecular weight excluding hydrogens is 240 g/mol. The van der Waals surface area contributed by atoms with Crippen LogP contribution in [0.25, 0.3) is 0 Å². The molecule has 2 atom stereocenters. The number of nitrogens with two attached hydrogens (primary N) is 1. The maximum absolute atomic E-state index is 12.5. The fourth-order valence-electron chi connectivity index (χ4n) is 2.41. The number of nitrogens with zero attached hydrogens (tertiary/aromatic N) is 1. The van der Waals surface area contributed by atoms with Crippen LogP contribution in [0.3, 0.4) is 0 Å². The van der Waals surface area contributed by atoms with Crippen molar-refractivity contribution in [3.05, 3.63) is 29.8 Å². The first kappa shape index (κ1) is 13.9. The number of nitrogen functional groups attached to an aromatic ring is 1. The summed E-state index contributed by atoms with van der Waals surface area (Å²) in [4.78, 5) is 14.4. The molecule has 1 aromatic carbocycles. The number of carbonyl (C=O) groups is 1. The quantitative estimate of drug-likeness (QED) is 0.848. The first-order valence-corrected chi connectivity index (χ1v) is 6.87. The Hall–Kier alpha value is -1.55. The van der Waals surface area contributed by atoms with Crippen molar-refractivity contribution in [1.82, 2.24) is 4.90 Å². The van der Waals surface area contributed by atoms with Gasteiger partial charge in [0.2, 0.25) is 5.91 Å². The Bertz CT molecular complexity index is 448. The number of anilines is 1. The number of carbonyl (C=O) groups excluding carboxylic acids is 1. The third-order valence-electron chi connectivity index (χ3n) is 3.69. The van der Waals surface area contributed by atoms with E-state index in [2.05, 4.69) is 6.92 Å². The van der Waals surface area contributed by atoms with Crippen LogP contribution in [0.5, 0.6) is 0 Å². The molecule has 0 aliphatic carbocycles. The fourth-order valence-corrected chi connectivity index (χ4v) is 2.41. The van der Waals surface area contributed by atoms with E-state index in [4.69, 9.17) is 10.5 Å². The van der Waals surface area contributed by atoms with Crippen LogP contribution in [0.1, 0.15) is 31.7 Å². The molecule has 1 saturated heterocycles. The van der Waals surface area contributed by atoms with Crippen LogP contribution in [-0.2, 0) is 9.53 Å². The summed E-state index contributed by atoms with van der Waals surface area (Å²) in [6.45, 7) is 6.03. The Labute approximate surface area is 114 Å². The minimum absolute atomic E-state index is 0.154. The Morgan fingerprint density at radius 3 is 3.05 bits per heavy atom. The zero-order valence-electron chi connectivity index (χ0n) is 11.6. The summed E-state index contributed by atoms with van der Waals surface area (Å²) in [7, 11) is 0. The fraction of sp³-hybridized carbons (Fsp3) is 0.533. The zero-order valence-corrected chi connectivity index (χ0v) is 11.6. The summed E-state index contributed by atoms with van der Waals surface area (Å²) in [5, 5.41) is 0. The van der Waals surface area contributed by atoms with E-state index in [0.29, 0.717) is 25.4 Å². The van der Waals surface area contributed by atoms with Crippen molar-refractivity contribution < 1.29 is 9.53 Å². The lowest BCUT2D eigenvalue weighted by molar-refractivity contribution is -0.140. The maximum Gasteiger partial charge on any atom is 0.230 e. The number of amides is 1. The highest BCUT2D eigenvalue weighted by molar-refractivity contribution is 5.83. The Morgan fingerprint density at radius 2 is 2.37 bits per heavy atom. The Morgan fingerprint density at radius 1 is 1.58 bits per heavy atom. The van der Waals surface area contributed by atoms with Crippen molar-refractivity contribution in [3.8, 4) is 0 Å². The van der Waals surface area contributed by atoms with Gasteiger partial charge in [-0.1, -0.05) is 19.1 Å². The summed E-state index contributed by atoms with van der Waals surface area (Å²) >= 11 is 0. The predicted molar refractivity (Wildman–Crippen MR) is 75.9 cm³/mol. The smallest absolute Gasteiger partial charge is 0.230 e. The molecule has 4 heteroatoms. The van der Waals surface area contributed by atoms with E-state index in [1.54, 1.807) is 0 Å². The number of hydrogen-bond acceptors (Lipinski definition) is 3. The molecule has 0 radical (unpaired) electrons. The molecule has 0 bridgehead atoms. The molecular formula is C15H22N2O2. The molecule has 2 unspecified atom stereocenters. The molecule has 1 fully saturated rings. The lowest BCUT2D eigenvalue weighted by Crippen LogP contribution is -2.46. The number of rotatable bonds is 3. The van der Waals surface area contributed by atoms with Gasteiger partial charge in [0.05, 0.1) is 18.6 Å². The second-order valence-corrected chi connectivity index (χ2v) is 5.08. The lowest BCUT2D eigenvalue weighted by atomic mass is 9.98. The minimum Gasteiger partial charge on any atom is -0.399 e. The molecule has 1 aliphatic rings. The lowest BCUT2D eigenvalue weighted by Gasteiger charge is -2.34. The van der Waals surface area contributed by atoms with E-state index in [9.17, 15) is 4.79 Å². The molecule has 2 rings (SSSR count). The SMILES string of the molecule is CCC1CN(C(=O)C(C)c2cccc(N)c2)CCO1. The van der Waals surface area contributed by atoms with Crippen molar-refractivity contribution in [2.24, 2.45) is 0 Å². The van der Waals surface area contributed by atoms with Crippen molar-refractivity contribution in [2.45, 2.75) is 32.3 Å². The van der Waals surface area contributed by atoms with Crippen LogP contribution in [0.2, 0.25) is 0 Å². The molecule has 0 spiro atoms. The van der Waals surface area contributed by atoms with Gasteiger partial charge in [-0.2, -0.15) is 0 Å². The monoisotopic (exact) mass is 262 g/mol. The summed E-state index contributed by atoms with van der Waals surface area (Å²) in [5.74, 6) is 0.00598. The third-order valence-corrected chi connectivity index (χ3v) is 3.69. The van der Waals surface area contributed by atoms with Crippen LogP contribution in [0.15, 0.2) is 24.3 Å². The summed E-state index contributed by atoms with van der Waals surface area (Å²) < 4.78 is 5.60. The van der Waals surface area contributed by atoms with E-state index in [1.807, 2.05) is 36.1 Å². The third kappa shape index (κ3) is 3.26. The van der Waals surface area contributed by atoms with Crippen molar-refractivity contribution >= 4 is 11.6 Å². The van der Waals surface area contributed by atoms with Crippen LogP contribution in [-0.4, -0.2) is 36.6 Å². The Balaban J connectivity index is 2.06. The van der Waals surface area contributed by atoms with E-state index in [0.717, 1.165) is 12.0 Å². The van der Waals surface area contributed by atoms with Gasteiger partial charge in [-0.15, -0.1) is 0 Å². The first-order chi connectivity index (χ1) is 9.11. The van der Waals surface area contributed by atoms with E-state index in [-0.39, 0.29) is 17.9 Å². The standard InChI is InChI=1S/C15H22N2O2/c1-3-14-10-17(7-8-19-14)15(18)11(2)12-5-4-6-13(16)9-12/h4-6,9,11,14H,3,7-8,10,16H2,1-2H3. The van der Waals surface area contributed by atoms with E-state index in [1.165, 1.54) is 0 Å². The second-order valence-electron chi connectivity index (χ2n) is 5.08. The zero-order chi connectivity index (χ0) is 13.8. The average molecular weight is 262 g/mol. The molecule has 1 heterocycles. The molecule has 0 aromatic heterocycles. The van der Waals surface area contributed by atoms with Crippen LogP contribution in [0, 0.1) is 0 Å². The number of benzene rings is 1. The molecule has 19 heavy (non-hydrogen) atoms. The first-order valence-electron chi connectivity index (χ1n) is 6.87. The predicted octanol–water partition coefficient (Wildman–Crippen LogP) is 2.01. The highest BCUT2D eigenvalue weighted by Crippen LogP contribution is 2.21. The summed E-state index contributed by atoms with van der Waals surface area (Å²) in [6, 6.07) is 7.56. The van der Waals surface area contributed by atoms with Gasteiger partial charge in [-0.25, -0.2) is 0 Å². The van der Waals surface area contributed by atoms with Crippen LogP contribution in [0.4, 0.5) is 5.69 Å². The van der Waals surface area contributed by atoms with Crippen LogP contribution < -0.4 is 5.73 Å². The molecule has 4 nitrogen and oxygen atoms in total. The van der Waals surface area contributed by atoms with Gasteiger partial charge >= 0.3 is 0 Å².